The maximum Gasteiger partial charge on any atom is 0.417 e. The number of halogens is 3. The highest BCUT2D eigenvalue weighted by Crippen LogP contribution is 2.31. The van der Waals surface area contributed by atoms with Crippen molar-refractivity contribution < 1.29 is 18.0 Å². The zero-order valence-corrected chi connectivity index (χ0v) is 25.0. The molecule has 0 atom stereocenters. The predicted molar refractivity (Wildman–Crippen MR) is 158 cm³/mol. The van der Waals surface area contributed by atoms with E-state index in [1.54, 1.807) is 40.5 Å². The van der Waals surface area contributed by atoms with Crippen LogP contribution in [0.2, 0.25) is 0 Å². The van der Waals surface area contributed by atoms with Crippen molar-refractivity contribution in [3.8, 4) is 0 Å². The van der Waals surface area contributed by atoms with Crippen molar-refractivity contribution in [1.29, 1.82) is 0 Å². The van der Waals surface area contributed by atoms with Gasteiger partial charge in [-0.25, -0.2) is 4.98 Å². The van der Waals surface area contributed by atoms with Gasteiger partial charge in [-0.3, -0.25) is 14.3 Å². The lowest BCUT2D eigenvalue weighted by molar-refractivity contribution is -0.138. The van der Waals surface area contributed by atoms with Gasteiger partial charge in [-0.2, -0.15) is 23.3 Å². The molecule has 1 aliphatic heterocycles. The third-order valence-corrected chi connectivity index (χ3v) is 8.35. The lowest BCUT2D eigenvalue weighted by atomic mass is 10.1. The molecule has 43 heavy (non-hydrogen) atoms. The first-order chi connectivity index (χ1) is 20.5. The van der Waals surface area contributed by atoms with Crippen LogP contribution in [0.25, 0.3) is 0 Å². The summed E-state index contributed by atoms with van der Waals surface area (Å²) in [5.41, 5.74) is 2.87. The number of carbonyl (C=O) groups is 1. The number of nitrogens with zero attached hydrogens (tertiary/aromatic N) is 7. The third kappa shape index (κ3) is 7.45. The molecular formula is C30H32F3N7O2S. The molecule has 1 aliphatic rings. The van der Waals surface area contributed by atoms with Gasteiger partial charge < -0.3 is 14.4 Å². The van der Waals surface area contributed by atoms with Crippen molar-refractivity contribution in [2.24, 2.45) is 7.05 Å². The summed E-state index contributed by atoms with van der Waals surface area (Å²) < 4.78 is 42.6. The maximum atomic E-state index is 13.5. The number of pyridine rings is 1. The molecule has 3 aromatic heterocycles. The average Bonchev–Trinajstić information content (AvgIpc) is 3.38. The van der Waals surface area contributed by atoms with Crippen molar-refractivity contribution in [2.45, 2.75) is 43.9 Å². The van der Waals surface area contributed by atoms with Gasteiger partial charge in [-0.1, -0.05) is 41.6 Å². The average molecular weight is 612 g/mol. The minimum absolute atomic E-state index is 0.00110. The van der Waals surface area contributed by atoms with Crippen molar-refractivity contribution in [3.05, 3.63) is 98.9 Å². The molecule has 1 aromatic carbocycles. The first-order valence-corrected chi connectivity index (χ1v) is 14.8. The molecule has 5 rings (SSSR count). The number of aromatic nitrogens is 5. The summed E-state index contributed by atoms with van der Waals surface area (Å²) in [5, 5.41) is 4.63. The maximum absolute atomic E-state index is 13.5. The number of benzene rings is 1. The second-order valence-electron chi connectivity index (χ2n) is 10.7. The molecular weight excluding hydrogens is 579 g/mol. The van der Waals surface area contributed by atoms with Gasteiger partial charge in [0.25, 0.3) is 5.56 Å². The van der Waals surface area contributed by atoms with E-state index in [1.165, 1.54) is 11.8 Å². The van der Waals surface area contributed by atoms with Crippen LogP contribution >= 0.6 is 11.8 Å². The van der Waals surface area contributed by atoms with E-state index < -0.39 is 11.7 Å². The predicted octanol–water partition coefficient (Wildman–Crippen LogP) is 4.24. The highest BCUT2D eigenvalue weighted by atomic mass is 32.2. The number of thioether (sulfide) groups is 1. The van der Waals surface area contributed by atoms with E-state index in [1.807, 2.05) is 42.3 Å². The number of anilines is 1. The summed E-state index contributed by atoms with van der Waals surface area (Å²) >= 11 is 1.40. The minimum atomic E-state index is -4.45. The lowest BCUT2D eigenvalue weighted by Gasteiger charge is -2.36. The molecule has 0 radical (unpaired) electrons. The van der Waals surface area contributed by atoms with Gasteiger partial charge in [0.15, 0.2) is 5.16 Å². The Labute approximate surface area is 251 Å². The van der Waals surface area contributed by atoms with Gasteiger partial charge in [0.05, 0.1) is 11.8 Å². The monoisotopic (exact) mass is 611 g/mol. The Balaban J connectivity index is 1.30. The first kappa shape index (κ1) is 30.3. The van der Waals surface area contributed by atoms with Crippen LogP contribution in [0.15, 0.2) is 65.1 Å². The molecule has 13 heteroatoms. The summed E-state index contributed by atoms with van der Waals surface area (Å²) in [7, 11) is 1.80. The summed E-state index contributed by atoms with van der Waals surface area (Å²) in [4.78, 5) is 38.5. The Kier molecular flexibility index (Phi) is 8.90. The zero-order chi connectivity index (χ0) is 30.7. The first-order valence-electron chi connectivity index (χ1n) is 13.8. The molecule has 0 bridgehead atoms. The van der Waals surface area contributed by atoms with Crippen molar-refractivity contribution in [1.82, 2.24) is 29.2 Å². The van der Waals surface area contributed by atoms with E-state index in [0.717, 1.165) is 29.0 Å². The molecule has 1 amide bonds. The quantitative estimate of drug-likeness (QED) is 0.218. The van der Waals surface area contributed by atoms with E-state index in [4.69, 9.17) is 0 Å². The number of amides is 1. The zero-order valence-electron chi connectivity index (χ0n) is 24.1. The summed E-state index contributed by atoms with van der Waals surface area (Å²) in [6.45, 7) is 5.29. The molecule has 0 unspecified atom stereocenters. The van der Waals surface area contributed by atoms with Gasteiger partial charge in [-0.05, 0) is 36.6 Å². The molecule has 1 fully saturated rings. The highest BCUT2D eigenvalue weighted by molar-refractivity contribution is 7.98. The number of carbonyl (C=O) groups excluding carboxylic acids is 1. The number of alkyl halides is 3. The van der Waals surface area contributed by atoms with Crippen LogP contribution in [0.3, 0.4) is 0 Å². The number of aryl methyl sites for hydroxylation is 3. The fourth-order valence-electron chi connectivity index (χ4n) is 4.95. The van der Waals surface area contributed by atoms with Gasteiger partial charge in [0.1, 0.15) is 12.4 Å². The summed E-state index contributed by atoms with van der Waals surface area (Å²) in [6, 6.07) is 9.21. The van der Waals surface area contributed by atoms with Crippen LogP contribution in [-0.4, -0.2) is 61.3 Å². The Morgan fingerprint density at radius 2 is 1.72 bits per heavy atom. The normalized spacial score (nSPS) is 13.9. The van der Waals surface area contributed by atoms with Crippen LogP contribution in [0.1, 0.15) is 33.4 Å². The number of hydrogen-bond acceptors (Lipinski definition) is 7. The Bertz CT molecular complexity index is 1660. The van der Waals surface area contributed by atoms with Crippen LogP contribution in [0, 0.1) is 13.8 Å². The molecule has 0 saturated carbocycles. The number of hydrogen-bond donors (Lipinski definition) is 0. The Morgan fingerprint density at radius 1 is 1.00 bits per heavy atom. The number of piperazine rings is 1. The number of rotatable bonds is 8. The van der Waals surface area contributed by atoms with Gasteiger partial charge >= 0.3 is 6.18 Å². The molecule has 0 N–H and O–H groups in total. The fraction of sp³-hybridized carbons (Fsp3) is 0.367. The second kappa shape index (κ2) is 12.6. The lowest BCUT2D eigenvalue weighted by Crippen LogP contribution is -2.50. The molecule has 4 aromatic rings. The molecule has 0 aliphatic carbocycles. The van der Waals surface area contributed by atoms with Crippen molar-refractivity contribution in [2.75, 3.05) is 31.1 Å². The van der Waals surface area contributed by atoms with Gasteiger partial charge in [-0.15, -0.1) is 0 Å². The van der Waals surface area contributed by atoms with E-state index in [9.17, 15) is 22.8 Å². The largest absolute Gasteiger partial charge is 0.417 e. The van der Waals surface area contributed by atoms with Gasteiger partial charge in [0.2, 0.25) is 5.91 Å². The van der Waals surface area contributed by atoms with Crippen LogP contribution < -0.4 is 10.5 Å². The highest BCUT2D eigenvalue weighted by Gasteiger charge is 2.32. The molecule has 0 spiro atoms. The van der Waals surface area contributed by atoms with Gasteiger partial charge in [0, 0.05) is 69.6 Å². The van der Waals surface area contributed by atoms with E-state index in [2.05, 4.69) is 15.1 Å². The van der Waals surface area contributed by atoms with Crippen molar-refractivity contribution in [3.63, 3.8) is 0 Å². The standard InChI is InChI=1S/C30H32F3N7O2S/c1-20-4-6-22(7-5-20)19-43-29-36-28(42)24(13-23-14-35-37(3)16-23)17-40(29)18-26(41)38-8-10-39(11-9-38)27-21(2)12-25(15-34-27)30(31,32)33/h4-7,12,14-17H,8-11,13,18-19H2,1-3H3. The smallest absolute Gasteiger partial charge is 0.353 e. The van der Waals surface area contributed by atoms with Crippen molar-refractivity contribution >= 4 is 23.5 Å². The molecule has 1 saturated heterocycles. The molecule has 9 nitrogen and oxygen atoms in total. The summed E-state index contributed by atoms with van der Waals surface area (Å²) in [5.74, 6) is 0.937. The minimum Gasteiger partial charge on any atom is -0.353 e. The Hall–Kier alpha value is -4.13. The molecule has 226 valence electrons. The second-order valence-corrected chi connectivity index (χ2v) is 11.6. The van der Waals surface area contributed by atoms with Crippen LogP contribution in [0.4, 0.5) is 19.0 Å². The third-order valence-electron chi connectivity index (χ3n) is 7.29. The van der Waals surface area contributed by atoms with Crippen LogP contribution in [-0.2, 0) is 36.7 Å². The van der Waals surface area contributed by atoms with Crippen LogP contribution in [0.5, 0.6) is 0 Å². The topological polar surface area (TPSA) is 89.1 Å². The van der Waals surface area contributed by atoms with E-state index >= 15 is 0 Å². The Morgan fingerprint density at radius 3 is 2.35 bits per heavy atom. The van der Waals surface area contributed by atoms with E-state index in [-0.39, 0.29) is 18.0 Å². The summed E-state index contributed by atoms with van der Waals surface area (Å²) in [6.07, 6.45) is 1.98. The fourth-order valence-corrected chi connectivity index (χ4v) is 5.87. The SMILES string of the molecule is Cc1ccc(CSc2nc(=O)c(Cc3cnn(C)c3)cn2CC(=O)N2CCN(c3ncc(C(F)(F)F)cc3C)CC2)cc1. The molecule has 4 heterocycles. The van der Waals surface area contributed by atoms with E-state index in [0.29, 0.717) is 60.5 Å².